The molecule has 84 valence electrons. The maximum atomic E-state index is 9.40. The Morgan fingerprint density at radius 3 is 2.81 bits per heavy atom. The summed E-state index contributed by atoms with van der Waals surface area (Å²) in [5, 5.41) is 17.3. The second-order valence-corrected chi connectivity index (χ2v) is 3.98. The molecule has 0 saturated heterocycles. The molecule has 2 rings (SSSR count). The van der Waals surface area contributed by atoms with E-state index in [0.717, 1.165) is 16.9 Å². The Hall–Kier alpha value is -1.68. The molecule has 1 N–H and O–H groups in total. The van der Waals surface area contributed by atoms with Gasteiger partial charge in [-0.1, -0.05) is 23.4 Å². The molecule has 16 heavy (non-hydrogen) atoms. The van der Waals surface area contributed by atoms with E-state index in [1.54, 1.807) is 17.8 Å². The van der Waals surface area contributed by atoms with Gasteiger partial charge in [-0.25, -0.2) is 4.68 Å². The molecule has 0 bridgehead atoms. The fraction of sp³-hybridized carbons (Fsp3) is 0.333. The van der Waals surface area contributed by atoms with Gasteiger partial charge in [0.05, 0.1) is 23.7 Å². The van der Waals surface area contributed by atoms with Gasteiger partial charge >= 0.3 is 0 Å². The highest BCUT2D eigenvalue weighted by Gasteiger charge is 2.09. The molecule has 1 atom stereocenters. The lowest BCUT2D eigenvalue weighted by Gasteiger charge is -2.09. The van der Waals surface area contributed by atoms with E-state index >= 15 is 0 Å². The van der Waals surface area contributed by atoms with Gasteiger partial charge in [-0.15, -0.1) is 5.10 Å². The summed E-state index contributed by atoms with van der Waals surface area (Å²) in [5.41, 5.74) is 3.07. The smallest absolute Gasteiger partial charge is 0.0730 e. The molecule has 0 aliphatic rings. The van der Waals surface area contributed by atoms with Gasteiger partial charge in [0.25, 0.3) is 0 Å². The number of benzene rings is 1. The molecule has 1 aromatic heterocycles. The number of aliphatic hydroxyl groups is 1. The summed E-state index contributed by atoms with van der Waals surface area (Å²) >= 11 is 0. The predicted molar refractivity (Wildman–Crippen MR) is 61.5 cm³/mol. The molecular weight excluding hydrogens is 202 g/mol. The normalized spacial score (nSPS) is 12.7. The van der Waals surface area contributed by atoms with Crippen molar-refractivity contribution in [2.75, 3.05) is 0 Å². The predicted octanol–water partition coefficient (Wildman–Crippen LogP) is 1.50. The van der Waals surface area contributed by atoms with Gasteiger partial charge in [-0.2, -0.15) is 0 Å². The highest BCUT2D eigenvalue weighted by atomic mass is 16.3. The number of nitrogens with zero attached hydrogens (tertiary/aromatic N) is 3. The minimum Gasteiger partial charge on any atom is -0.393 e. The first kappa shape index (κ1) is 10.8. The maximum Gasteiger partial charge on any atom is 0.0730 e. The molecule has 0 amide bonds. The molecule has 1 unspecified atom stereocenters. The number of aliphatic hydroxyl groups excluding tert-OH is 1. The first-order chi connectivity index (χ1) is 7.68. The van der Waals surface area contributed by atoms with Crippen LogP contribution in [0.5, 0.6) is 0 Å². The number of para-hydroxylation sites is 1. The van der Waals surface area contributed by atoms with Gasteiger partial charge in [-0.05, 0) is 25.5 Å². The lowest BCUT2D eigenvalue weighted by atomic mass is 10.2. The monoisotopic (exact) mass is 217 g/mol. The van der Waals surface area contributed by atoms with Crippen LogP contribution in [0, 0.1) is 6.92 Å². The van der Waals surface area contributed by atoms with Crippen LogP contribution in [-0.2, 0) is 6.42 Å². The minimum absolute atomic E-state index is 0.388. The molecule has 4 heteroatoms. The standard InChI is InChI=1S/C12H15N3O/c1-9-5-3-4-6-12(9)15-11(7-10(2)16)8-13-14-15/h3-6,8,10,16H,7H2,1-2H3. The van der Waals surface area contributed by atoms with Gasteiger partial charge in [-0.3, -0.25) is 0 Å². The topological polar surface area (TPSA) is 50.9 Å². The van der Waals surface area contributed by atoms with Gasteiger partial charge < -0.3 is 5.11 Å². The number of aryl methyl sites for hydroxylation is 1. The minimum atomic E-state index is -0.388. The summed E-state index contributed by atoms with van der Waals surface area (Å²) in [4.78, 5) is 0. The van der Waals surface area contributed by atoms with Gasteiger partial charge in [0, 0.05) is 6.42 Å². The van der Waals surface area contributed by atoms with Crippen LogP contribution in [0.1, 0.15) is 18.2 Å². The molecule has 0 spiro atoms. The first-order valence-corrected chi connectivity index (χ1v) is 5.32. The van der Waals surface area contributed by atoms with E-state index < -0.39 is 0 Å². The van der Waals surface area contributed by atoms with E-state index in [4.69, 9.17) is 0 Å². The molecule has 0 aliphatic heterocycles. The number of rotatable bonds is 3. The average Bonchev–Trinajstić information content (AvgIpc) is 2.66. The van der Waals surface area contributed by atoms with Crippen molar-refractivity contribution in [2.24, 2.45) is 0 Å². The lowest BCUT2D eigenvalue weighted by molar-refractivity contribution is 0.193. The molecule has 0 saturated carbocycles. The van der Waals surface area contributed by atoms with Crippen LogP contribution in [-0.4, -0.2) is 26.2 Å². The second-order valence-electron chi connectivity index (χ2n) is 3.98. The average molecular weight is 217 g/mol. The van der Waals surface area contributed by atoms with Crippen molar-refractivity contribution in [3.8, 4) is 5.69 Å². The largest absolute Gasteiger partial charge is 0.393 e. The van der Waals surface area contributed by atoms with Crippen molar-refractivity contribution in [3.63, 3.8) is 0 Å². The SMILES string of the molecule is Cc1ccccc1-n1nncc1CC(C)O. The van der Waals surface area contributed by atoms with Crippen LogP contribution < -0.4 is 0 Å². The van der Waals surface area contributed by atoms with E-state index in [1.807, 2.05) is 31.2 Å². The number of hydrogen-bond donors (Lipinski definition) is 1. The van der Waals surface area contributed by atoms with E-state index in [2.05, 4.69) is 10.3 Å². The lowest BCUT2D eigenvalue weighted by Crippen LogP contribution is -2.10. The van der Waals surface area contributed by atoms with Gasteiger partial charge in [0.2, 0.25) is 0 Å². The summed E-state index contributed by atoms with van der Waals surface area (Å²) in [6, 6.07) is 7.99. The summed E-state index contributed by atoms with van der Waals surface area (Å²) in [6.45, 7) is 3.79. The molecule has 1 heterocycles. The molecule has 4 nitrogen and oxygen atoms in total. The fourth-order valence-electron chi connectivity index (χ4n) is 1.70. The van der Waals surface area contributed by atoms with Crippen molar-refractivity contribution in [3.05, 3.63) is 41.7 Å². The van der Waals surface area contributed by atoms with E-state index in [-0.39, 0.29) is 6.10 Å². The molecular formula is C12H15N3O. The van der Waals surface area contributed by atoms with Crippen molar-refractivity contribution in [2.45, 2.75) is 26.4 Å². The quantitative estimate of drug-likeness (QED) is 0.847. The van der Waals surface area contributed by atoms with Crippen molar-refractivity contribution < 1.29 is 5.11 Å². The number of aromatic nitrogens is 3. The van der Waals surface area contributed by atoms with Crippen LogP contribution in [0.4, 0.5) is 0 Å². The van der Waals surface area contributed by atoms with E-state index in [1.165, 1.54) is 0 Å². The van der Waals surface area contributed by atoms with Crippen LogP contribution in [0.25, 0.3) is 5.69 Å². The number of hydrogen-bond acceptors (Lipinski definition) is 3. The zero-order valence-electron chi connectivity index (χ0n) is 9.46. The Bertz CT molecular complexity index is 477. The Labute approximate surface area is 94.5 Å². The summed E-state index contributed by atoms with van der Waals surface area (Å²) in [6.07, 6.45) is 1.86. The van der Waals surface area contributed by atoms with Crippen LogP contribution in [0.3, 0.4) is 0 Å². The van der Waals surface area contributed by atoms with E-state index in [9.17, 15) is 5.11 Å². The van der Waals surface area contributed by atoms with Crippen LogP contribution in [0.2, 0.25) is 0 Å². The van der Waals surface area contributed by atoms with Crippen LogP contribution in [0.15, 0.2) is 30.5 Å². The molecule has 2 aromatic rings. The second kappa shape index (κ2) is 4.45. The Kier molecular flexibility index (Phi) is 3.01. The zero-order valence-corrected chi connectivity index (χ0v) is 9.46. The molecule has 0 aliphatic carbocycles. The first-order valence-electron chi connectivity index (χ1n) is 5.32. The highest BCUT2D eigenvalue weighted by Crippen LogP contribution is 2.14. The maximum absolute atomic E-state index is 9.40. The van der Waals surface area contributed by atoms with E-state index in [0.29, 0.717) is 6.42 Å². The Balaban J connectivity index is 2.41. The van der Waals surface area contributed by atoms with Crippen molar-refractivity contribution in [1.29, 1.82) is 0 Å². The third kappa shape index (κ3) is 2.12. The fourth-order valence-corrected chi connectivity index (χ4v) is 1.70. The van der Waals surface area contributed by atoms with Crippen molar-refractivity contribution >= 4 is 0 Å². The summed E-state index contributed by atoms with van der Waals surface area (Å²) in [5.74, 6) is 0. The van der Waals surface area contributed by atoms with Crippen molar-refractivity contribution in [1.82, 2.24) is 15.0 Å². The Morgan fingerprint density at radius 2 is 2.12 bits per heavy atom. The third-order valence-electron chi connectivity index (χ3n) is 2.47. The summed E-state index contributed by atoms with van der Waals surface area (Å²) < 4.78 is 1.78. The molecule has 1 aromatic carbocycles. The Morgan fingerprint density at radius 1 is 1.38 bits per heavy atom. The van der Waals surface area contributed by atoms with Crippen LogP contribution >= 0.6 is 0 Å². The molecule has 0 fully saturated rings. The van der Waals surface area contributed by atoms with Gasteiger partial charge in [0.15, 0.2) is 0 Å². The summed E-state index contributed by atoms with van der Waals surface area (Å²) in [7, 11) is 0. The highest BCUT2D eigenvalue weighted by molar-refractivity contribution is 5.40. The third-order valence-corrected chi connectivity index (χ3v) is 2.47. The van der Waals surface area contributed by atoms with Gasteiger partial charge in [0.1, 0.15) is 0 Å². The molecule has 0 radical (unpaired) electrons. The zero-order chi connectivity index (χ0) is 11.5.